The third-order valence-corrected chi connectivity index (χ3v) is 3.14. The standard InChI is InChI=1S/C8H8Br2N2O2/c1-2-14-12-8(13)5-3-6(9)7(10)11-4-5/h3-4H,2H2,1H3,(H,12,13). The molecule has 1 rings (SSSR count). The summed E-state index contributed by atoms with van der Waals surface area (Å²) in [6, 6.07) is 1.66. The smallest absolute Gasteiger partial charge is 0.274 e. The molecule has 0 saturated carbocycles. The number of amides is 1. The highest BCUT2D eigenvalue weighted by Gasteiger charge is 2.07. The molecule has 0 aromatic carbocycles. The topological polar surface area (TPSA) is 51.2 Å². The predicted octanol–water partition coefficient (Wildman–Crippen LogP) is 2.29. The lowest BCUT2D eigenvalue weighted by molar-refractivity contribution is 0.0364. The van der Waals surface area contributed by atoms with Crippen molar-refractivity contribution in [2.24, 2.45) is 0 Å². The zero-order valence-corrected chi connectivity index (χ0v) is 10.6. The van der Waals surface area contributed by atoms with Gasteiger partial charge in [-0.3, -0.25) is 9.63 Å². The molecule has 0 radical (unpaired) electrons. The van der Waals surface area contributed by atoms with Gasteiger partial charge in [-0.05, 0) is 44.8 Å². The molecule has 0 aliphatic carbocycles. The zero-order valence-electron chi connectivity index (χ0n) is 7.38. The molecule has 14 heavy (non-hydrogen) atoms. The average Bonchev–Trinajstić information content (AvgIpc) is 2.18. The molecule has 1 amide bonds. The lowest BCUT2D eigenvalue weighted by Gasteiger charge is -2.03. The first-order valence-electron chi connectivity index (χ1n) is 3.88. The van der Waals surface area contributed by atoms with Gasteiger partial charge in [0.1, 0.15) is 4.60 Å². The lowest BCUT2D eigenvalue weighted by Crippen LogP contribution is -2.23. The van der Waals surface area contributed by atoms with E-state index in [0.29, 0.717) is 16.8 Å². The van der Waals surface area contributed by atoms with Crippen LogP contribution in [0.4, 0.5) is 0 Å². The Labute approximate surface area is 98.3 Å². The van der Waals surface area contributed by atoms with E-state index in [1.165, 1.54) is 6.20 Å². The maximum absolute atomic E-state index is 11.4. The fraction of sp³-hybridized carbons (Fsp3) is 0.250. The van der Waals surface area contributed by atoms with Crippen molar-refractivity contribution in [3.05, 3.63) is 26.9 Å². The fourth-order valence-electron chi connectivity index (χ4n) is 0.742. The number of nitrogens with one attached hydrogen (secondary N) is 1. The Hall–Kier alpha value is -0.460. The van der Waals surface area contributed by atoms with Crippen molar-refractivity contribution in [2.75, 3.05) is 6.61 Å². The molecule has 6 heteroatoms. The number of pyridine rings is 1. The Kier molecular flexibility index (Phi) is 4.50. The van der Waals surface area contributed by atoms with Crippen molar-refractivity contribution < 1.29 is 9.63 Å². The van der Waals surface area contributed by atoms with Gasteiger partial charge in [-0.25, -0.2) is 10.5 Å². The van der Waals surface area contributed by atoms with Gasteiger partial charge in [0.05, 0.1) is 16.6 Å². The molecule has 1 heterocycles. The minimum atomic E-state index is -0.312. The average molecular weight is 324 g/mol. The number of halogens is 2. The summed E-state index contributed by atoms with van der Waals surface area (Å²) in [5, 5.41) is 0. The number of carbonyl (C=O) groups excluding carboxylic acids is 1. The third kappa shape index (κ3) is 3.04. The van der Waals surface area contributed by atoms with Crippen LogP contribution in [0.1, 0.15) is 17.3 Å². The summed E-state index contributed by atoms with van der Waals surface area (Å²) in [5.41, 5.74) is 2.72. The summed E-state index contributed by atoms with van der Waals surface area (Å²) in [6.45, 7) is 2.22. The first-order chi connectivity index (χ1) is 6.65. The van der Waals surface area contributed by atoms with Crippen LogP contribution in [0, 0.1) is 0 Å². The molecule has 0 fully saturated rings. The van der Waals surface area contributed by atoms with Gasteiger partial charge in [-0.2, -0.15) is 0 Å². The molecule has 1 N–H and O–H groups in total. The molecular formula is C8H8Br2N2O2. The number of nitrogens with zero attached hydrogens (tertiary/aromatic N) is 1. The van der Waals surface area contributed by atoms with E-state index in [1.807, 2.05) is 0 Å². The molecule has 0 unspecified atom stereocenters. The highest BCUT2D eigenvalue weighted by atomic mass is 79.9. The van der Waals surface area contributed by atoms with E-state index in [2.05, 4.69) is 42.3 Å². The second-order valence-electron chi connectivity index (χ2n) is 2.36. The third-order valence-electron chi connectivity index (χ3n) is 1.37. The zero-order chi connectivity index (χ0) is 10.6. The Morgan fingerprint density at radius 2 is 2.36 bits per heavy atom. The summed E-state index contributed by atoms with van der Waals surface area (Å²) in [6.07, 6.45) is 1.46. The van der Waals surface area contributed by atoms with Gasteiger partial charge < -0.3 is 0 Å². The highest BCUT2D eigenvalue weighted by Crippen LogP contribution is 2.20. The Morgan fingerprint density at radius 1 is 1.64 bits per heavy atom. The van der Waals surface area contributed by atoms with Gasteiger partial charge in [0.15, 0.2) is 0 Å². The molecule has 1 aromatic heterocycles. The maximum atomic E-state index is 11.4. The second kappa shape index (κ2) is 5.43. The second-order valence-corrected chi connectivity index (χ2v) is 3.97. The van der Waals surface area contributed by atoms with Crippen LogP contribution in [0.15, 0.2) is 21.3 Å². The molecule has 0 saturated heterocycles. The molecule has 0 spiro atoms. The highest BCUT2D eigenvalue weighted by molar-refractivity contribution is 9.13. The number of rotatable bonds is 3. The first-order valence-corrected chi connectivity index (χ1v) is 5.47. The molecule has 76 valence electrons. The predicted molar refractivity (Wildman–Crippen MR) is 58.7 cm³/mol. The van der Waals surface area contributed by atoms with Crippen molar-refractivity contribution in [3.63, 3.8) is 0 Å². The van der Waals surface area contributed by atoms with Crippen LogP contribution in [-0.4, -0.2) is 17.5 Å². The van der Waals surface area contributed by atoms with Gasteiger partial charge in [0, 0.05) is 6.20 Å². The van der Waals surface area contributed by atoms with Crippen LogP contribution in [-0.2, 0) is 4.84 Å². The maximum Gasteiger partial charge on any atom is 0.276 e. The van der Waals surface area contributed by atoms with Crippen LogP contribution in [0.3, 0.4) is 0 Å². The van der Waals surface area contributed by atoms with Crippen molar-refractivity contribution >= 4 is 37.8 Å². The first kappa shape index (κ1) is 11.6. The van der Waals surface area contributed by atoms with E-state index in [0.717, 1.165) is 4.47 Å². The minimum absolute atomic E-state index is 0.312. The molecular weight excluding hydrogens is 316 g/mol. The van der Waals surface area contributed by atoms with Gasteiger partial charge in [0.25, 0.3) is 5.91 Å². The summed E-state index contributed by atoms with van der Waals surface area (Å²) < 4.78 is 1.38. The molecule has 4 nitrogen and oxygen atoms in total. The quantitative estimate of drug-likeness (QED) is 0.686. The van der Waals surface area contributed by atoms with Gasteiger partial charge in [0.2, 0.25) is 0 Å². The number of hydrogen-bond donors (Lipinski definition) is 1. The van der Waals surface area contributed by atoms with E-state index in [4.69, 9.17) is 4.84 Å². The lowest BCUT2D eigenvalue weighted by atomic mass is 10.3. The fourth-order valence-corrected chi connectivity index (χ4v) is 1.31. The number of hydroxylamine groups is 1. The number of aromatic nitrogens is 1. The van der Waals surface area contributed by atoms with Gasteiger partial charge in [-0.1, -0.05) is 0 Å². The molecule has 1 aromatic rings. The molecule has 0 bridgehead atoms. The van der Waals surface area contributed by atoms with Crippen LogP contribution in [0.25, 0.3) is 0 Å². The monoisotopic (exact) mass is 322 g/mol. The number of carbonyl (C=O) groups is 1. The van der Waals surface area contributed by atoms with E-state index in [9.17, 15) is 4.79 Å². The Bertz CT molecular complexity index is 344. The van der Waals surface area contributed by atoms with Crippen molar-refractivity contribution in [3.8, 4) is 0 Å². The van der Waals surface area contributed by atoms with Crippen molar-refractivity contribution in [1.29, 1.82) is 0 Å². The van der Waals surface area contributed by atoms with Gasteiger partial charge >= 0.3 is 0 Å². The van der Waals surface area contributed by atoms with Crippen LogP contribution in [0.2, 0.25) is 0 Å². The Morgan fingerprint density at radius 3 is 2.93 bits per heavy atom. The minimum Gasteiger partial charge on any atom is -0.274 e. The van der Waals surface area contributed by atoms with E-state index in [-0.39, 0.29) is 5.91 Å². The van der Waals surface area contributed by atoms with Crippen molar-refractivity contribution in [2.45, 2.75) is 6.92 Å². The summed E-state index contributed by atoms with van der Waals surface area (Å²) >= 11 is 6.46. The Balaban J connectivity index is 2.76. The SMILES string of the molecule is CCONC(=O)c1cnc(Br)c(Br)c1. The van der Waals surface area contributed by atoms with Crippen LogP contribution >= 0.6 is 31.9 Å². The van der Waals surface area contributed by atoms with Gasteiger partial charge in [-0.15, -0.1) is 0 Å². The van der Waals surface area contributed by atoms with E-state index >= 15 is 0 Å². The summed E-state index contributed by atoms with van der Waals surface area (Å²) in [4.78, 5) is 20.1. The van der Waals surface area contributed by atoms with E-state index < -0.39 is 0 Å². The molecule has 0 aliphatic rings. The van der Waals surface area contributed by atoms with E-state index in [1.54, 1.807) is 13.0 Å². The molecule has 0 atom stereocenters. The normalized spacial score (nSPS) is 9.93. The largest absolute Gasteiger partial charge is 0.276 e. The number of hydrogen-bond acceptors (Lipinski definition) is 3. The molecule has 0 aliphatic heterocycles. The van der Waals surface area contributed by atoms with Crippen molar-refractivity contribution in [1.82, 2.24) is 10.5 Å². The van der Waals surface area contributed by atoms with Crippen LogP contribution in [0.5, 0.6) is 0 Å². The summed E-state index contributed by atoms with van der Waals surface area (Å²) in [5.74, 6) is -0.312. The summed E-state index contributed by atoms with van der Waals surface area (Å²) in [7, 11) is 0. The van der Waals surface area contributed by atoms with Crippen LogP contribution < -0.4 is 5.48 Å².